The molecular formula is C10H5Cl3N2O. The predicted octanol–water partition coefficient (Wildman–Crippen LogP) is 3.40. The van der Waals surface area contributed by atoms with Crippen LogP contribution in [0.2, 0.25) is 15.2 Å². The van der Waals surface area contributed by atoms with Crippen molar-refractivity contribution in [1.29, 1.82) is 0 Å². The summed E-state index contributed by atoms with van der Waals surface area (Å²) >= 11 is 17.4. The highest BCUT2D eigenvalue weighted by atomic mass is 35.5. The molecule has 0 unspecified atom stereocenters. The number of nitrogens with zero attached hydrogens (tertiary/aromatic N) is 1. The fraction of sp³-hybridized carbons (Fsp3) is 0. The molecule has 0 amide bonds. The molecule has 2 rings (SSSR count). The van der Waals surface area contributed by atoms with E-state index in [0.29, 0.717) is 21.2 Å². The quantitative estimate of drug-likeness (QED) is 0.867. The number of aromatic nitrogens is 2. The number of H-pyrrole nitrogens is 1. The molecule has 16 heavy (non-hydrogen) atoms. The summed E-state index contributed by atoms with van der Waals surface area (Å²) in [4.78, 5) is 11.5. The van der Waals surface area contributed by atoms with E-state index in [9.17, 15) is 4.79 Å². The van der Waals surface area contributed by atoms with Crippen LogP contribution in [0.1, 0.15) is 0 Å². The van der Waals surface area contributed by atoms with Gasteiger partial charge in [-0.15, -0.1) is 0 Å². The molecular weight excluding hydrogens is 270 g/mol. The Bertz CT molecular complexity index is 575. The fourth-order valence-electron chi connectivity index (χ4n) is 1.31. The first-order chi connectivity index (χ1) is 7.56. The lowest BCUT2D eigenvalue weighted by atomic mass is 10.1. The summed E-state index contributed by atoms with van der Waals surface area (Å²) in [5.41, 5.74) is 0.634. The summed E-state index contributed by atoms with van der Waals surface area (Å²) in [7, 11) is 0. The van der Waals surface area contributed by atoms with E-state index in [0.717, 1.165) is 0 Å². The van der Waals surface area contributed by atoms with Gasteiger partial charge >= 0.3 is 0 Å². The highest BCUT2D eigenvalue weighted by molar-refractivity contribution is 6.35. The smallest absolute Gasteiger partial charge is 0.267 e. The van der Waals surface area contributed by atoms with E-state index in [-0.39, 0.29) is 10.7 Å². The molecule has 6 heteroatoms. The number of hydrogen-bond acceptors (Lipinski definition) is 2. The molecule has 0 saturated heterocycles. The molecule has 1 aromatic heterocycles. The highest BCUT2D eigenvalue weighted by Gasteiger charge is 2.07. The Morgan fingerprint density at radius 1 is 1.00 bits per heavy atom. The Morgan fingerprint density at radius 3 is 2.25 bits per heavy atom. The van der Waals surface area contributed by atoms with Gasteiger partial charge in [-0.2, -0.15) is 5.10 Å². The molecule has 0 atom stereocenters. The summed E-state index contributed by atoms with van der Waals surface area (Å²) in [5.74, 6) is 0. The molecule has 3 nitrogen and oxygen atoms in total. The van der Waals surface area contributed by atoms with Crippen LogP contribution in [0, 0.1) is 0 Å². The van der Waals surface area contributed by atoms with E-state index in [2.05, 4.69) is 10.2 Å². The van der Waals surface area contributed by atoms with E-state index in [4.69, 9.17) is 34.8 Å². The number of aromatic amines is 1. The maximum absolute atomic E-state index is 11.5. The molecule has 0 fully saturated rings. The molecule has 0 bridgehead atoms. The maximum atomic E-state index is 11.5. The van der Waals surface area contributed by atoms with Gasteiger partial charge in [-0.05, 0) is 29.8 Å². The van der Waals surface area contributed by atoms with Crippen molar-refractivity contribution in [2.75, 3.05) is 0 Å². The van der Waals surface area contributed by atoms with Crippen LogP contribution in [0.15, 0.2) is 29.1 Å². The van der Waals surface area contributed by atoms with Crippen LogP contribution in [0.5, 0.6) is 0 Å². The number of rotatable bonds is 1. The summed E-state index contributed by atoms with van der Waals surface area (Å²) in [6.07, 6.45) is 0. The minimum absolute atomic E-state index is 0.200. The molecule has 0 saturated carbocycles. The molecule has 0 aliphatic heterocycles. The first-order valence-corrected chi connectivity index (χ1v) is 5.41. The third kappa shape index (κ3) is 2.38. The lowest BCUT2D eigenvalue weighted by Crippen LogP contribution is -2.10. The normalized spacial score (nSPS) is 10.4. The average Bonchev–Trinajstić information content (AvgIpc) is 2.20. The maximum Gasteiger partial charge on any atom is 0.272 e. The van der Waals surface area contributed by atoms with Crippen molar-refractivity contribution >= 4 is 34.8 Å². The van der Waals surface area contributed by atoms with Gasteiger partial charge in [0.05, 0.1) is 5.56 Å². The van der Waals surface area contributed by atoms with Crippen LogP contribution in [-0.2, 0) is 0 Å². The monoisotopic (exact) mass is 274 g/mol. The van der Waals surface area contributed by atoms with E-state index in [1.807, 2.05) is 0 Å². The van der Waals surface area contributed by atoms with Crippen LogP contribution in [-0.4, -0.2) is 10.2 Å². The van der Waals surface area contributed by atoms with E-state index < -0.39 is 0 Å². The lowest BCUT2D eigenvalue weighted by molar-refractivity contribution is 0.992. The van der Waals surface area contributed by atoms with Crippen molar-refractivity contribution in [3.05, 3.63) is 49.8 Å². The second-order valence-corrected chi connectivity index (χ2v) is 4.35. The minimum Gasteiger partial charge on any atom is -0.267 e. The first kappa shape index (κ1) is 11.5. The second kappa shape index (κ2) is 4.45. The Kier molecular flexibility index (Phi) is 3.19. The van der Waals surface area contributed by atoms with Gasteiger partial charge in [0, 0.05) is 10.0 Å². The van der Waals surface area contributed by atoms with Crippen molar-refractivity contribution in [3.63, 3.8) is 0 Å². The largest absolute Gasteiger partial charge is 0.272 e. The number of halogens is 3. The van der Waals surface area contributed by atoms with Gasteiger partial charge in [0.25, 0.3) is 5.56 Å². The van der Waals surface area contributed by atoms with Gasteiger partial charge in [0.1, 0.15) is 5.15 Å². The molecule has 1 heterocycles. The zero-order valence-electron chi connectivity index (χ0n) is 7.80. The number of nitrogens with one attached hydrogen (secondary N) is 1. The topological polar surface area (TPSA) is 45.8 Å². The molecule has 0 aliphatic carbocycles. The zero-order chi connectivity index (χ0) is 11.7. The molecule has 0 aliphatic rings. The van der Waals surface area contributed by atoms with E-state index in [1.54, 1.807) is 18.2 Å². The van der Waals surface area contributed by atoms with Crippen molar-refractivity contribution in [2.24, 2.45) is 0 Å². The Balaban J connectivity index is 2.67. The SMILES string of the molecule is O=c1[nH]nc(Cl)cc1-c1cc(Cl)cc(Cl)c1. The second-order valence-electron chi connectivity index (χ2n) is 3.09. The van der Waals surface area contributed by atoms with Crippen LogP contribution in [0.4, 0.5) is 0 Å². The van der Waals surface area contributed by atoms with Crippen molar-refractivity contribution in [1.82, 2.24) is 10.2 Å². The van der Waals surface area contributed by atoms with Crippen LogP contribution >= 0.6 is 34.8 Å². The highest BCUT2D eigenvalue weighted by Crippen LogP contribution is 2.25. The van der Waals surface area contributed by atoms with Crippen molar-refractivity contribution in [2.45, 2.75) is 0 Å². The van der Waals surface area contributed by atoms with Crippen LogP contribution in [0.25, 0.3) is 11.1 Å². The summed E-state index contributed by atoms with van der Waals surface area (Å²) in [6, 6.07) is 6.31. The molecule has 2 aromatic rings. The van der Waals surface area contributed by atoms with Crippen molar-refractivity contribution in [3.8, 4) is 11.1 Å². The Labute approximate surface area is 106 Å². The van der Waals surface area contributed by atoms with Gasteiger partial charge in [-0.1, -0.05) is 34.8 Å². The molecule has 1 aromatic carbocycles. The minimum atomic E-state index is -0.345. The van der Waals surface area contributed by atoms with Gasteiger partial charge in [0.2, 0.25) is 0 Å². The molecule has 0 radical (unpaired) electrons. The third-order valence-electron chi connectivity index (χ3n) is 1.95. The van der Waals surface area contributed by atoms with Gasteiger partial charge in [-0.25, -0.2) is 5.10 Å². The first-order valence-electron chi connectivity index (χ1n) is 4.28. The molecule has 1 N–H and O–H groups in total. The van der Waals surface area contributed by atoms with Gasteiger partial charge in [-0.3, -0.25) is 4.79 Å². The zero-order valence-corrected chi connectivity index (χ0v) is 10.1. The van der Waals surface area contributed by atoms with Gasteiger partial charge in [0.15, 0.2) is 0 Å². The van der Waals surface area contributed by atoms with Gasteiger partial charge < -0.3 is 0 Å². The summed E-state index contributed by atoms with van der Waals surface area (Å²) < 4.78 is 0. The summed E-state index contributed by atoms with van der Waals surface area (Å²) in [6.45, 7) is 0. The molecule has 82 valence electrons. The Hall–Kier alpha value is -1.03. The predicted molar refractivity (Wildman–Crippen MR) is 65.3 cm³/mol. The standard InChI is InChI=1S/C10H5Cl3N2O/c11-6-1-5(2-7(12)3-6)8-4-9(13)14-15-10(8)16/h1-4H,(H,15,16). The molecule has 0 spiro atoms. The van der Waals surface area contributed by atoms with Crippen molar-refractivity contribution < 1.29 is 0 Å². The average molecular weight is 276 g/mol. The lowest BCUT2D eigenvalue weighted by Gasteiger charge is -2.02. The number of hydrogen-bond donors (Lipinski definition) is 1. The van der Waals surface area contributed by atoms with E-state index >= 15 is 0 Å². The number of benzene rings is 1. The van der Waals surface area contributed by atoms with Crippen LogP contribution < -0.4 is 5.56 Å². The Morgan fingerprint density at radius 2 is 1.62 bits per heavy atom. The summed E-state index contributed by atoms with van der Waals surface area (Å²) in [5, 5.41) is 6.96. The van der Waals surface area contributed by atoms with E-state index in [1.165, 1.54) is 6.07 Å². The third-order valence-corrected chi connectivity index (χ3v) is 2.58. The fourth-order valence-corrected chi connectivity index (χ4v) is 1.98. The van der Waals surface area contributed by atoms with Crippen LogP contribution in [0.3, 0.4) is 0 Å².